The maximum absolute atomic E-state index is 12.0. The lowest BCUT2D eigenvalue weighted by atomic mass is 10.2. The summed E-state index contributed by atoms with van der Waals surface area (Å²) in [6, 6.07) is 10.5. The van der Waals surface area contributed by atoms with Crippen LogP contribution in [-0.4, -0.2) is 11.8 Å². The topological polar surface area (TPSA) is 58.2 Å². The van der Waals surface area contributed by atoms with Crippen LogP contribution >= 0.6 is 27.5 Å². The van der Waals surface area contributed by atoms with E-state index in [9.17, 15) is 9.59 Å². The lowest BCUT2D eigenvalue weighted by Gasteiger charge is -2.10. The van der Waals surface area contributed by atoms with Gasteiger partial charge < -0.3 is 10.6 Å². The second-order valence-electron chi connectivity index (χ2n) is 4.83. The summed E-state index contributed by atoms with van der Waals surface area (Å²) in [6.45, 7) is 3.67. The molecule has 6 heteroatoms. The van der Waals surface area contributed by atoms with Crippen molar-refractivity contribution in [3.05, 3.63) is 57.0 Å². The second kappa shape index (κ2) is 6.94. The lowest BCUT2D eigenvalue weighted by Crippen LogP contribution is -2.29. The Labute approximate surface area is 142 Å². The van der Waals surface area contributed by atoms with Crippen LogP contribution in [0.15, 0.2) is 40.9 Å². The number of anilines is 2. The molecule has 2 amide bonds. The molecular formula is C16H14BrClN2O2. The molecule has 2 aromatic rings. The van der Waals surface area contributed by atoms with E-state index in [-0.39, 0.29) is 0 Å². The third-order valence-corrected chi connectivity index (χ3v) is 3.82. The van der Waals surface area contributed by atoms with Crippen LogP contribution in [0.3, 0.4) is 0 Å². The fourth-order valence-corrected chi connectivity index (χ4v) is 2.50. The van der Waals surface area contributed by atoms with Crippen LogP contribution in [0.2, 0.25) is 5.02 Å². The van der Waals surface area contributed by atoms with Crippen LogP contribution in [0.4, 0.5) is 11.4 Å². The van der Waals surface area contributed by atoms with Gasteiger partial charge >= 0.3 is 11.8 Å². The van der Waals surface area contributed by atoms with Gasteiger partial charge in [0.05, 0.1) is 0 Å². The van der Waals surface area contributed by atoms with Gasteiger partial charge in [-0.05, 0) is 55.3 Å². The molecule has 4 nitrogen and oxygen atoms in total. The highest BCUT2D eigenvalue weighted by molar-refractivity contribution is 9.10. The van der Waals surface area contributed by atoms with E-state index < -0.39 is 11.8 Å². The van der Waals surface area contributed by atoms with Crippen molar-refractivity contribution in [1.82, 2.24) is 0 Å². The minimum atomic E-state index is -0.743. The molecule has 0 fully saturated rings. The zero-order chi connectivity index (χ0) is 16.3. The maximum Gasteiger partial charge on any atom is 0.314 e. The van der Waals surface area contributed by atoms with Gasteiger partial charge in [-0.1, -0.05) is 33.6 Å². The van der Waals surface area contributed by atoms with E-state index in [1.54, 1.807) is 30.3 Å². The zero-order valence-corrected chi connectivity index (χ0v) is 14.4. The first-order valence-electron chi connectivity index (χ1n) is 6.51. The normalized spacial score (nSPS) is 10.2. The van der Waals surface area contributed by atoms with Crippen LogP contribution in [0, 0.1) is 13.8 Å². The number of carbonyl (C=O) groups is 2. The largest absolute Gasteiger partial charge is 0.318 e. The maximum atomic E-state index is 12.0. The molecule has 0 saturated heterocycles. The van der Waals surface area contributed by atoms with Gasteiger partial charge in [0.2, 0.25) is 0 Å². The Kier molecular flexibility index (Phi) is 5.21. The van der Waals surface area contributed by atoms with Crippen LogP contribution in [0.5, 0.6) is 0 Å². The van der Waals surface area contributed by atoms with Crippen molar-refractivity contribution in [1.29, 1.82) is 0 Å². The summed E-state index contributed by atoms with van der Waals surface area (Å²) in [6.07, 6.45) is 0. The summed E-state index contributed by atoms with van der Waals surface area (Å²) in [5, 5.41) is 5.63. The first kappa shape index (κ1) is 16.5. The molecule has 0 bridgehead atoms. The molecule has 0 saturated carbocycles. The first-order valence-corrected chi connectivity index (χ1v) is 7.68. The molecule has 2 aromatic carbocycles. The average Bonchev–Trinajstić information content (AvgIpc) is 2.45. The lowest BCUT2D eigenvalue weighted by molar-refractivity contribution is -0.133. The molecule has 0 aliphatic rings. The molecule has 0 spiro atoms. The van der Waals surface area contributed by atoms with Crippen LogP contribution in [0.1, 0.15) is 11.1 Å². The highest BCUT2D eigenvalue weighted by Gasteiger charge is 2.16. The number of aryl methyl sites for hydroxylation is 2. The van der Waals surface area contributed by atoms with Gasteiger partial charge in [-0.25, -0.2) is 0 Å². The molecular weight excluding hydrogens is 368 g/mol. The van der Waals surface area contributed by atoms with Crippen LogP contribution in [0.25, 0.3) is 0 Å². The fourth-order valence-electron chi connectivity index (χ4n) is 1.85. The summed E-state index contributed by atoms with van der Waals surface area (Å²) < 4.78 is 0.905. The van der Waals surface area contributed by atoms with Gasteiger partial charge in [-0.2, -0.15) is 0 Å². The van der Waals surface area contributed by atoms with Gasteiger partial charge in [0, 0.05) is 20.9 Å². The van der Waals surface area contributed by atoms with Crippen molar-refractivity contribution in [3.8, 4) is 0 Å². The first-order chi connectivity index (χ1) is 10.4. The van der Waals surface area contributed by atoms with Gasteiger partial charge in [0.25, 0.3) is 0 Å². The predicted molar refractivity (Wildman–Crippen MR) is 92.3 cm³/mol. The molecule has 0 atom stereocenters. The third-order valence-electron chi connectivity index (χ3n) is 3.09. The van der Waals surface area contributed by atoms with Gasteiger partial charge in [-0.15, -0.1) is 0 Å². The summed E-state index contributed by atoms with van der Waals surface area (Å²) in [4.78, 5) is 24.0. The second-order valence-corrected chi connectivity index (χ2v) is 6.18. The summed E-state index contributed by atoms with van der Waals surface area (Å²) >= 11 is 9.23. The molecule has 0 aliphatic carbocycles. The highest BCUT2D eigenvalue weighted by atomic mass is 79.9. The summed E-state index contributed by atoms with van der Waals surface area (Å²) in [7, 11) is 0. The van der Waals surface area contributed by atoms with Crippen molar-refractivity contribution in [2.45, 2.75) is 13.8 Å². The Balaban J connectivity index is 2.09. The molecule has 2 rings (SSSR count). The van der Waals surface area contributed by atoms with Gasteiger partial charge in [0.1, 0.15) is 0 Å². The molecule has 114 valence electrons. The number of carbonyl (C=O) groups excluding carboxylic acids is 2. The molecule has 0 unspecified atom stereocenters. The van der Waals surface area contributed by atoms with E-state index in [1.165, 1.54) is 0 Å². The van der Waals surface area contributed by atoms with Crippen LogP contribution in [-0.2, 0) is 9.59 Å². The predicted octanol–water partition coefficient (Wildman–Crippen LogP) is 4.30. The van der Waals surface area contributed by atoms with Crippen LogP contribution < -0.4 is 10.6 Å². The van der Waals surface area contributed by atoms with Crippen molar-refractivity contribution >= 4 is 50.7 Å². The van der Waals surface area contributed by atoms with Gasteiger partial charge in [-0.3, -0.25) is 9.59 Å². The summed E-state index contributed by atoms with van der Waals surface area (Å²) in [5.74, 6) is -1.47. The monoisotopic (exact) mass is 380 g/mol. The van der Waals surface area contributed by atoms with Crippen molar-refractivity contribution in [3.63, 3.8) is 0 Å². The van der Waals surface area contributed by atoms with Crippen molar-refractivity contribution < 1.29 is 9.59 Å². The standard InChI is InChI=1S/C16H14BrClN2O2/c1-9-3-5-12(18)8-14(9)20-16(22)15(21)19-13-6-4-11(17)7-10(13)2/h3-8H,1-2H3,(H,19,21)(H,20,22). The van der Waals surface area contributed by atoms with E-state index in [2.05, 4.69) is 26.6 Å². The summed E-state index contributed by atoms with van der Waals surface area (Å²) in [5.41, 5.74) is 2.78. The molecule has 0 aliphatic heterocycles. The third kappa shape index (κ3) is 4.08. The Morgan fingerprint density at radius 1 is 0.909 bits per heavy atom. The SMILES string of the molecule is Cc1cc(Br)ccc1NC(=O)C(=O)Nc1cc(Cl)ccc1C. The number of benzene rings is 2. The minimum absolute atomic E-state index is 0.491. The quantitative estimate of drug-likeness (QED) is 0.762. The Morgan fingerprint density at radius 3 is 2.18 bits per heavy atom. The molecule has 0 heterocycles. The van der Waals surface area contributed by atoms with E-state index in [0.717, 1.165) is 15.6 Å². The number of hydrogen-bond acceptors (Lipinski definition) is 2. The molecule has 0 aromatic heterocycles. The fraction of sp³-hybridized carbons (Fsp3) is 0.125. The van der Waals surface area contributed by atoms with E-state index >= 15 is 0 Å². The number of amides is 2. The smallest absolute Gasteiger partial charge is 0.314 e. The Bertz CT molecular complexity index is 747. The number of nitrogens with one attached hydrogen (secondary N) is 2. The highest BCUT2D eigenvalue weighted by Crippen LogP contribution is 2.21. The Hall–Kier alpha value is -1.85. The zero-order valence-electron chi connectivity index (χ0n) is 12.0. The minimum Gasteiger partial charge on any atom is -0.318 e. The number of halogens is 2. The number of hydrogen-bond donors (Lipinski definition) is 2. The Morgan fingerprint density at radius 2 is 1.55 bits per heavy atom. The van der Waals surface area contributed by atoms with Crippen molar-refractivity contribution in [2.75, 3.05) is 10.6 Å². The van der Waals surface area contributed by atoms with Gasteiger partial charge in [0.15, 0.2) is 0 Å². The van der Waals surface area contributed by atoms with E-state index in [0.29, 0.717) is 16.4 Å². The average molecular weight is 382 g/mol. The molecule has 0 radical (unpaired) electrons. The number of rotatable bonds is 2. The molecule has 2 N–H and O–H groups in total. The van der Waals surface area contributed by atoms with E-state index in [1.807, 2.05) is 19.9 Å². The van der Waals surface area contributed by atoms with E-state index in [4.69, 9.17) is 11.6 Å². The molecule has 22 heavy (non-hydrogen) atoms. The van der Waals surface area contributed by atoms with Crippen molar-refractivity contribution in [2.24, 2.45) is 0 Å².